The average Bonchev–Trinajstić information content (AvgIpc) is 2.72. The lowest BCUT2D eigenvalue weighted by Crippen LogP contribution is -2.34. The molecule has 0 amide bonds. The summed E-state index contributed by atoms with van der Waals surface area (Å²) < 4.78 is 26.0. The van der Waals surface area contributed by atoms with E-state index in [2.05, 4.69) is 10.2 Å². The van der Waals surface area contributed by atoms with Gasteiger partial charge in [0.05, 0.1) is 6.20 Å². The van der Waals surface area contributed by atoms with Crippen molar-refractivity contribution in [3.8, 4) is 0 Å². The first-order valence-electron chi connectivity index (χ1n) is 5.72. The maximum atomic E-state index is 12.3. The van der Waals surface area contributed by atoms with Gasteiger partial charge in [0.2, 0.25) is 10.0 Å². The van der Waals surface area contributed by atoms with E-state index in [-0.39, 0.29) is 10.7 Å². The van der Waals surface area contributed by atoms with Crippen LogP contribution >= 0.6 is 0 Å². The average molecular weight is 260 g/mol. The number of rotatable bonds is 6. The highest BCUT2D eigenvalue weighted by atomic mass is 32.2. The minimum absolute atomic E-state index is 0.0580. The van der Waals surface area contributed by atoms with Crippen molar-refractivity contribution in [1.29, 1.82) is 0 Å². The maximum absolute atomic E-state index is 12.3. The van der Waals surface area contributed by atoms with Gasteiger partial charge in [0.25, 0.3) is 0 Å². The number of nitrogen functional groups attached to an aromatic ring is 1. The quantitative estimate of drug-likeness (QED) is 0.799. The number of aromatic amines is 1. The Bertz CT molecular complexity index is 455. The van der Waals surface area contributed by atoms with Crippen LogP contribution < -0.4 is 5.73 Å². The van der Waals surface area contributed by atoms with Gasteiger partial charge in [-0.05, 0) is 5.92 Å². The van der Waals surface area contributed by atoms with Gasteiger partial charge in [-0.2, -0.15) is 9.40 Å². The number of nitrogens with zero attached hydrogens (tertiary/aromatic N) is 2. The van der Waals surface area contributed by atoms with Crippen LogP contribution in [0.3, 0.4) is 0 Å². The fourth-order valence-electron chi connectivity index (χ4n) is 1.50. The smallest absolute Gasteiger partial charge is 0.248 e. The van der Waals surface area contributed by atoms with Crippen LogP contribution in [0.4, 0.5) is 5.82 Å². The molecule has 0 spiro atoms. The molecule has 0 saturated heterocycles. The zero-order valence-corrected chi connectivity index (χ0v) is 11.3. The molecule has 6 nitrogen and oxygen atoms in total. The molecule has 0 aromatic carbocycles. The highest BCUT2D eigenvalue weighted by Crippen LogP contribution is 2.21. The molecule has 0 fully saturated rings. The Balaban J connectivity index is 2.99. The van der Waals surface area contributed by atoms with Crippen LogP contribution in [0.1, 0.15) is 27.2 Å². The number of hydrogen-bond acceptors (Lipinski definition) is 4. The highest BCUT2D eigenvalue weighted by Gasteiger charge is 2.27. The minimum Gasteiger partial charge on any atom is -0.383 e. The lowest BCUT2D eigenvalue weighted by molar-refractivity contribution is 0.362. The summed E-state index contributed by atoms with van der Waals surface area (Å²) in [7, 11) is -3.53. The third kappa shape index (κ3) is 2.98. The van der Waals surface area contributed by atoms with Crippen molar-refractivity contribution in [2.75, 3.05) is 18.8 Å². The summed E-state index contributed by atoms with van der Waals surface area (Å²) in [4.78, 5) is 0.0580. The SMILES string of the molecule is CCC(C)CN(CC)S(=O)(=O)c1cn[nH]c1N. The van der Waals surface area contributed by atoms with Gasteiger partial charge in [-0.1, -0.05) is 27.2 Å². The topological polar surface area (TPSA) is 92.1 Å². The molecule has 7 heteroatoms. The standard InChI is InChI=1S/C10H20N4O2S/c1-4-8(3)7-14(5-2)17(15,16)9-6-12-13-10(9)11/h6,8H,4-5,7H2,1-3H3,(H3,11,12,13). The second kappa shape index (κ2) is 5.50. The van der Waals surface area contributed by atoms with Gasteiger partial charge < -0.3 is 5.73 Å². The Morgan fingerprint density at radius 1 is 1.53 bits per heavy atom. The third-order valence-electron chi connectivity index (χ3n) is 2.82. The van der Waals surface area contributed by atoms with Crippen LogP contribution in [0.15, 0.2) is 11.1 Å². The molecule has 1 unspecified atom stereocenters. The lowest BCUT2D eigenvalue weighted by Gasteiger charge is -2.22. The lowest BCUT2D eigenvalue weighted by atomic mass is 10.1. The molecule has 0 bridgehead atoms. The summed E-state index contributed by atoms with van der Waals surface area (Å²) in [6.45, 7) is 6.81. The fraction of sp³-hybridized carbons (Fsp3) is 0.700. The molecule has 1 aromatic rings. The Hall–Kier alpha value is -1.08. The first kappa shape index (κ1) is 14.0. The summed E-state index contributed by atoms with van der Waals surface area (Å²) in [5.41, 5.74) is 5.56. The second-order valence-corrected chi connectivity index (χ2v) is 6.02. The monoisotopic (exact) mass is 260 g/mol. The molecule has 1 aromatic heterocycles. The minimum atomic E-state index is -3.53. The molecule has 1 heterocycles. The van der Waals surface area contributed by atoms with Crippen molar-refractivity contribution in [2.24, 2.45) is 5.92 Å². The Morgan fingerprint density at radius 3 is 2.59 bits per heavy atom. The number of nitrogens with one attached hydrogen (secondary N) is 1. The van der Waals surface area contributed by atoms with Crippen molar-refractivity contribution in [3.63, 3.8) is 0 Å². The van der Waals surface area contributed by atoms with E-state index in [0.29, 0.717) is 19.0 Å². The van der Waals surface area contributed by atoms with E-state index in [1.807, 2.05) is 20.8 Å². The molecule has 0 aliphatic rings. The van der Waals surface area contributed by atoms with Crippen LogP contribution in [0, 0.1) is 5.92 Å². The van der Waals surface area contributed by atoms with Gasteiger partial charge in [0.1, 0.15) is 10.7 Å². The van der Waals surface area contributed by atoms with Crippen LogP contribution in [-0.2, 0) is 10.0 Å². The molecule has 1 rings (SSSR count). The number of anilines is 1. The summed E-state index contributed by atoms with van der Waals surface area (Å²) in [5.74, 6) is 0.408. The number of aromatic nitrogens is 2. The zero-order valence-electron chi connectivity index (χ0n) is 10.5. The van der Waals surface area contributed by atoms with E-state index < -0.39 is 10.0 Å². The van der Waals surface area contributed by atoms with Crippen LogP contribution in [0.5, 0.6) is 0 Å². The van der Waals surface area contributed by atoms with Gasteiger partial charge in [-0.25, -0.2) is 8.42 Å². The van der Waals surface area contributed by atoms with E-state index in [4.69, 9.17) is 5.73 Å². The largest absolute Gasteiger partial charge is 0.383 e. The van der Waals surface area contributed by atoms with Crippen LogP contribution in [-0.4, -0.2) is 36.0 Å². The van der Waals surface area contributed by atoms with Crippen molar-refractivity contribution < 1.29 is 8.42 Å². The zero-order chi connectivity index (χ0) is 13.1. The van der Waals surface area contributed by atoms with E-state index in [1.54, 1.807) is 0 Å². The van der Waals surface area contributed by atoms with E-state index in [1.165, 1.54) is 10.5 Å². The molecule has 0 aliphatic carbocycles. The summed E-state index contributed by atoms with van der Waals surface area (Å²) >= 11 is 0. The number of nitrogens with two attached hydrogens (primary N) is 1. The predicted octanol–water partition coefficient (Wildman–Crippen LogP) is 1.05. The van der Waals surface area contributed by atoms with E-state index in [0.717, 1.165) is 6.42 Å². The van der Waals surface area contributed by atoms with Gasteiger partial charge in [0.15, 0.2) is 0 Å². The van der Waals surface area contributed by atoms with Gasteiger partial charge in [-0.15, -0.1) is 0 Å². The molecule has 3 N–H and O–H groups in total. The Morgan fingerprint density at radius 2 is 2.18 bits per heavy atom. The third-order valence-corrected chi connectivity index (χ3v) is 4.78. The van der Waals surface area contributed by atoms with Crippen molar-refractivity contribution >= 4 is 15.8 Å². The molecular formula is C10H20N4O2S. The Labute approximate surface area is 102 Å². The van der Waals surface area contributed by atoms with Crippen molar-refractivity contribution in [2.45, 2.75) is 32.1 Å². The normalized spacial score (nSPS) is 14.1. The van der Waals surface area contributed by atoms with E-state index in [9.17, 15) is 8.42 Å². The second-order valence-electron chi connectivity index (χ2n) is 4.12. The molecule has 0 saturated carbocycles. The first-order chi connectivity index (χ1) is 7.93. The number of sulfonamides is 1. The molecule has 0 radical (unpaired) electrons. The van der Waals surface area contributed by atoms with Crippen molar-refractivity contribution in [3.05, 3.63) is 6.20 Å². The van der Waals surface area contributed by atoms with Crippen LogP contribution in [0.2, 0.25) is 0 Å². The summed E-state index contributed by atoms with van der Waals surface area (Å²) in [5, 5.41) is 6.09. The molecule has 98 valence electrons. The first-order valence-corrected chi connectivity index (χ1v) is 7.16. The van der Waals surface area contributed by atoms with Crippen LogP contribution in [0.25, 0.3) is 0 Å². The molecule has 0 aliphatic heterocycles. The number of H-pyrrole nitrogens is 1. The molecule has 1 atom stereocenters. The van der Waals surface area contributed by atoms with Gasteiger partial charge in [0, 0.05) is 13.1 Å². The highest BCUT2D eigenvalue weighted by molar-refractivity contribution is 7.89. The van der Waals surface area contributed by atoms with Crippen molar-refractivity contribution in [1.82, 2.24) is 14.5 Å². The fourth-order valence-corrected chi connectivity index (χ4v) is 3.08. The van der Waals surface area contributed by atoms with E-state index >= 15 is 0 Å². The molecule has 17 heavy (non-hydrogen) atoms. The summed E-state index contributed by atoms with van der Waals surface area (Å²) in [6, 6.07) is 0. The van der Waals surface area contributed by atoms with Gasteiger partial charge >= 0.3 is 0 Å². The maximum Gasteiger partial charge on any atom is 0.248 e. The Kier molecular flexibility index (Phi) is 4.53. The van der Waals surface area contributed by atoms with Gasteiger partial charge in [-0.3, -0.25) is 5.10 Å². The number of hydrogen-bond donors (Lipinski definition) is 2. The summed E-state index contributed by atoms with van der Waals surface area (Å²) in [6.07, 6.45) is 2.19. The molecular weight excluding hydrogens is 240 g/mol. The predicted molar refractivity (Wildman–Crippen MR) is 66.9 cm³/mol.